The summed E-state index contributed by atoms with van der Waals surface area (Å²) < 4.78 is 6.72. The molecule has 0 N–H and O–H groups in total. The second-order valence-corrected chi connectivity index (χ2v) is 15.3. The SMILES string of the molecule is CCC[CH2][SnH]([CH2]CCC)[CH2]CCC.Cn1ccnn1. The van der Waals surface area contributed by atoms with Gasteiger partial charge < -0.3 is 0 Å². The normalized spacial score (nSPS) is 10.4. The fourth-order valence-corrected chi connectivity index (χ4v) is 13.1. The van der Waals surface area contributed by atoms with Gasteiger partial charge in [-0.3, -0.25) is 4.68 Å². The largest absolute Gasteiger partial charge is 0.256 e. The number of hydrogen-bond acceptors (Lipinski definition) is 2. The van der Waals surface area contributed by atoms with E-state index in [1.54, 1.807) is 30.4 Å². The molecule has 1 aromatic heterocycles. The van der Waals surface area contributed by atoms with Crippen molar-refractivity contribution in [3.8, 4) is 0 Å². The summed E-state index contributed by atoms with van der Waals surface area (Å²) in [5, 5.41) is 7.12. The van der Waals surface area contributed by atoms with Crippen LogP contribution in [0.2, 0.25) is 13.3 Å². The smallest absolute Gasteiger partial charge is 0.0692 e. The minimum atomic E-state index is -0.967. The Morgan fingerprint density at radius 2 is 1.37 bits per heavy atom. The summed E-state index contributed by atoms with van der Waals surface area (Å²) in [5.41, 5.74) is 0. The molecule has 4 heteroatoms. The third kappa shape index (κ3) is 12.7. The Hall–Kier alpha value is -0.0613. The Labute approximate surface area is 126 Å². The van der Waals surface area contributed by atoms with Crippen molar-refractivity contribution in [2.24, 2.45) is 7.05 Å². The van der Waals surface area contributed by atoms with E-state index >= 15 is 0 Å². The van der Waals surface area contributed by atoms with E-state index in [4.69, 9.17) is 0 Å². The number of aromatic nitrogens is 3. The molecule has 0 amide bonds. The summed E-state index contributed by atoms with van der Waals surface area (Å²) in [6, 6.07) is 0. The Balaban J connectivity index is 0.000000443. The first-order chi connectivity index (χ1) is 9.24. The van der Waals surface area contributed by atoms with Crippen molar-refractivity contribution in [3.63, 3.8) is 0 Å². The van der Waals surface area contributed by atoms with E-state index in [0.29, 0.717) is 0 Å². The summed E-state index contributed by atoms with van der Waals surface area (Å²) in [4.78, 5) is 0. The van der Waals surface area contributed by atoms with Gasteiger partial charge in [-0.2, -0.15) is 0 Å². The zero-order chi connectivity index (χ0) is 14.3. The van der Waals surface area contributed by atoms with Gasteiger partial charge in [0.2, 0.25) is 0 Å². The molecule has 0 aliphatic rings. The molecule has 19 heavy (non-hydrogen) atoms. The van der Waals surface area contributed by atoms with Crippen molar-refractivity contribution >= 4 is 19.8 Å². The van der Waals surface area contributed by atoms with Crippen LogP contribution in [0.4, 0.5) is 0 Å². The van der Waals surface area contributed by atoms with Gasteiger partial charge in [-0.25, -0.2) is 0 Å². The summed E-state index contributed by atoms with van der Waals surface area (Å²) >= 11 is -0.967. The maximum absolute atomic E-state index is 3.58. The quantitative estimate of drug-likeness (QED) is 0.599. The van der Waals surface area contributed by atoms with Crippen LogP contribution in [0.1, 0.15) is 59.3 Å². The molecule has 0 aliphatic carbocycles. The van der Waals surface area contributed by atoms with Crippen molar-refractivity contribution in [2.75, 3.05) is 0 Å². The molecule has 112 valence electrons. The van der Waals surface area contributed by atoms with E-state index < -0.39 is 19.8 Å². The van der Waals surface area contributed by atoms with Gasteiger partial charge in [-0.15, -0.1) is 5.10 Å². The van der Waals surface area contributed by atoms with Crippen LogP contribution in [0.5, 0.6) is 0 Å². The van der Waals surface area contributed by atoms with Gasteiger partial charge in [0.25, 0.3) is 0 Å². The third-order valence-electron chi connectivity index (χ3n) is 3.44. The molecule has 0 aromatic carbocycles. The number of nitrogens with zero attached hydrogens (tertiary/aromatic N) is 3. The average Bonchev–Trinajstić information content (AvgIpc) is 2.90. The predicted molar refractivity (Wildman–Crippen MR) is 87.3 cm³/mol. The molecular formula is C15H33N3Sn. The molecular weight excluding hydrogens is 341 g/mol. The van der Waals surface area contributed by atoms with Crippen LogP contribution in [0.25, 0.3) is 0 Å². The van der Waals surface area contributed by atoms with Gasteiger partial charge >= 0.3 is 92.4 Å². The van der Waals surface area contributed by atoms with Crippen LogP contribution in [0.3, 0.4) is 0 Å². The molecule has 0 saturated heterocycles. The van der Waals surface area contributed by atoms with Crippen molar-refractivity contribution in [3.05, 3.63) is 12.4 Å². The molecule has 0 radical (unpaired) electrons. The molecule has 1 rings (SSSR count). The summed E-state index contributed by atoms with van der Waals surface area (Å²) in [6.45, 7) is 7.01. The second kappa shape index (κ2) is 14.3. The number of hydrogen-bond donors (Lipinski definition) is 0. The standard InChI is InChI=1S/3C4H9.C3H5N3.Sn.H/c3*1-3-4-2;1-6-3-2-4-5-6;;/h3*1,3-4H2,2H3;2-3H,1H3;;. The van der Waals surface area contributed by atoms with E-state index in [0.717, 1.165) is 0 Å². The predicted octanol–water partition coefficient (Wildman–Crippen LogP) is 4.43. The molecule has 3 nitrogen and oxygen atoms in total. The molecule has 0 spiro atoms. The van der Waals surface area contributed by atoms with Gasteiger partial charge in [0, 0.05) is 13.2 Å². The first-order valence-corrected chi connectivity index (χ1v) is 15.0. The topological polar surface area (TPSA) is 30.7 Å². The van der Waals surface area contributed by atoms with E-state index in [-0.39, 0.29) is 0 Å². The summed E-state index contributed by atoms with van der Waals surface area (Å²) in [5.74, 6) is 0. The Morgan fingerprint density at radius 3 is 1.58 bits per heavy atom. The summed E-state index contributed by atoms with van der Waals surface area (Å²) in [6.07, 6.45) is 12.3. The van der Waals surface area contributed by atoms with E-state index in [2.05, 4.69) is 31.1 Å². The van der Waals surface area contributed by atoms with Crippen molar-refractivity contribution in [2.45, 2.75) is 72.6 Å². The molecule has 0 saturated carbocycles. The molecule has 0 atom stereocenters. The Morgan fingerprint density at radius 1 is 0.895 bits per heavy atom. The van der Waals surface area contributed by atoms with Crippen molar-refractivity contribution < 1.29 is 0 Å². The molecule has 0 fully saturated rings. The first kappa shape index (κ1) is 18.9. The minimum Gasteiger partial charge on any atom is -0.256 e. The molecule has 0 bridgehead atoms. The zero-order valence-corrected chi connectivity index (χ0v) is 16.7. The van der Waals surface area contributed by atoms with Crippen LogP contribution < -0.4 is 0 Å². The fourth-order valence-electron chi connectivity index (χ4n) is 2.18. The first-order valence-electron chi connectivity index (χ1n) is 8.04. The van der Waals surface area contributed by atoms with Gasteiger partial charge in [-0.1, -0.05) is 5.21 Å². The summed E-state index contributed by atoms with van der Waals surface area (Å²) in [7, 11) is 1.83. The fraction of sp³-hybridized carbons (Fsp3) is 0.867. The molecule has 0 unspecified atom stereocenters. The maximum atomic E-state index is 3.58. The number of unbranched alkanes of at least 4 members (excludes halogenated alkanes) is 3. The Kier molecular flexibility index (Phi) is 14.3. The van der Waals surface area contributed by atoms with Gasteiger partial charge in [0.15, 0.2) is 0 Å². The Bertz CT molecular complexity index is 243. The van der Waals surface area contributed by atoms with Crippen molar-refractivity contribution in [1.82, 2.24) is 15.0 Å². The van der Waals surface area contributed by atoms with E-state index in [1.165, 1.54) is 38.5 Å². The molecule has 1 aromatic rings. The zero-order valence-electron chi connectivity index (χ0n) is 13.4. The van der Waals surface area contributed by atoms with E-state index in [1.807, 2.05) is 7.05 Å². The van der Waals surface area contributed by atoms with Gasteiger partial charge in [0.05, 0.1) is 6.20 Å². The van der Waals surface area contributed by atoms with Crippen LogP contribution in [-0.2, 0) is 7.05 Å². The second-order valence-electron chi connectivity index (χ2n) is 5.37. The third-order valence-corrected chi connectivity index (χ3v) is 13.9. The van der Waals surface area contributed by atoms with Gasteiger partial charge in [-0.05, 0) is 0 Å². The van der Waals surface area contributed by atoms with Gasteiger partial charge in [0.1, 0.15) is 0 Å². The maximum Gasteiger partial charge on any atom is 0.0692 e. The minimum absolute atomic E-state index is 0.967. The van der Waals surface area contributed by atoms with Crippen LogP contribution in [-0.4, -0.2) is 34.8 Å². The van der Waals surface area contributed by atoms with Crippen LogP contribution >= 0.6 is 0 Å². The van der Waals surface area contributed by atoms with E-state index in [9.17, 15) is 0 Å². The average molecular weight is 374 g/mol. The molecule has 1 heterocycles. The van der Waals surface area contributed by atoms with Crippen LogP contribution in [0, 0.1) is 0 Å². The monoisotopic (exact) mass is 375 g/mol. The number of rotatable bonds is 9. The number of aryl methyl sites for hydroxylation is 1. The van der Waals surface area contributed by atoms with Crippen molar-refractivity contribution in [1.29, 1.82) is 0 Å². The molecule has 0 aliphatic heterocycles. The van der Waals surface area contributed by atoms with Crippen LogP contribution in [0.15, 0.2) is 12.4 Å².